The van der Waals surface area contributed by atoms with Gasteiger partial charge in [-0.25, -0.2) is 4.98 Å². The summed E-state index contributed by atoms with van der Waals surface area (Å²) in [4.78, 5) is 6.78. The summed E-state index contributed by atoms with van der Waals surface area (Å²) in [5, 5.41) is 11.9. The van der Waals surface area contributed by atoms with Gasteiger partial charge in [0.2, 0.25) is 0 Å². The van der Waals surface area contributed by atoms with Gasteiger partial charge in [-0.3, -0.25) is 4.90 Å². The number of nitrogens with zero attached hydrogens (tertiary/aromatic N) is 4. The maximum absolute atomic E-state index is 8.76. The normalized spacial score (nSPS) is 16.1. The lowest BCUT2D eigenvalue weighted by atomic mass is 9.87. The molecule has 3 aromatic rings. The second-order valence-corrected chi connectivity index (χ2v) is 8.29. The van der Waals surface area contributed by atoms with Crippen LogP contribution in [0.2, 0.25) is 0 Å². The summed E-state index contributed by atoms with van der Waals surface area (Å²) < 4.78 is 13.2. The Hall–Kier alpha value is -3.32. The first-order valence-corrected chi connectivity index (χ1v) is 11.5. The number of hydrogen-bond donors (Lipinski definition) is 1. The summed E-state index contributed by atoms with van der Waals surface area (Å²) in [6.07, 6.45) is 9.31. The first-order valence-electron chi connectivity index (χ1n) is 11.5. The summed E-state index contributed by atoms with van der Waals surface area (Å²) in [6, 6.07) is 15.2. The van der Waals surface area contributed by atoms with Gasteiger partial charge < -0.3 is 19.2 Å². The smallest absolute Gasteiger partial charge is 0.161 e. The fourth-order valence-corrected chi connectivity index (χ4v) is 4.73. The topological polar surface area (TPSA) is 72.1 Å². The average Bonchev–Trinajstić information content (AvgIpc) is 3.30. The van der Waals surface area contributed by atoms with Crippen LogP contribution in [0.4, 0.5) is 0 Å². The van der Waals surface area contributed by atoms with Gasteiger partial charge in [0.1, 0.15) is 6.21 Å². The highest BCUT2D eigenvalue weighted by Crippen LogP contribution is 2.41. The fraction of sp³-hybridized carbons (Fsp3) is 0.385. The Labute approximate surface area is 195 Å². The van der Waals surface area contributed by atoms with Crippen molar-refractivity contribution in [3.8, 4) is 11.5 Å². The monoisotopic (exact) mass is 448 g/mol. The Kier molecular flexibility index (Phi) is 7.62. The molecule has 7 nitrogen and oxygen atoms in total. The maximum atomic E-state index is 8.76. The predicted molar refractivity (Wildman–Crippen MR) is 129 cm³/mol. The van der Waals surface area contributed by atoms with Crippen LogP contribution < -0.4 is 9.47 Å². The molecule has 1 unspecified atom stereocenters. The van der Waals surface area contributed by atoms with Crippen molar-refractivity contribution < 1.29 is 14.7 Å². The van der Waals surface area contributed by atoms with Gasteiger partial charge in [-0.2, -0.15) is 0 Å². The molecule has 1 atom stereocenters. The molecule has 0 spiro atoms. The predicted octanol–water partition coefficient (Wildman–Crippen LogP) is 4.53. The van der Waals surface area contributed by atoms with E-state index in [1.807, 2.05) is 10.8 Å². The molecule has 2 aromatic carbocycles. The molecule has 0 bridgehead atoms. The molecule has 33 heavy (non-hydrogen) atoms. The highest BCUT2D eigenvalue weighted by Gasteiger charge is 2.30. The Bertz CT molecular complexity index is 1060. The molecule has 1 aliphatic rings. The van der Waals surface area contributed by atoms with E-state index in [9.17, 15) is 0 Å². The van der Waals surface area contributed by atoms with Crippen molar-refractivity contribution in [1.82, 2.24) is 14.5 Å². The molecular weight excluding hydrogens is 416 g/mol. The number of methoxy groups -OCH3 is 2. The Morgan fingerprint density at radius 2 is 1.82 bits per heavy atom. The molecule has 2 heterocycles. The van der Waals surface area contributed by atoms with Crippen molar-refractivity contribution in [2.75, 3.05) is 27.3 Å². The van der Waals surface area contributed by atoms with Crippen molar-refractivity contribution >= 4 is 6.21 Å². The van der Waals surface area contributed by atoms with E-state index in [2.05, 4.69) is 57.5 Å². The lowest BCUT2D eigenvalue weighted by Gasteiger charge is -2.38. The molecule has 1 aliphatic heterocycles. The maximum Gasteiger partial charge on any atom is 0.161 e. The molecule has 7 heteroatoms. The molecule has 1 aromatic heterocycles. The standard InChI is InChI=1S/C26H32N4O3/c1-32-23-17-21-11-15-30(14-8-4-7-13-29-16-12-27-25(29)19-28-31)26(20-9-5-3-6-10-20)22(21)18-24(23)33-2/h3,5-6,9-10,12,16-19,26,31H,4,7-8,11,13-15H2,1-2H3/b28-19+. The summed E-state index contributed by atoms with van der Waals surface area (Å²) in [5.41, 5.74) is 3.93. The van der Waals surface area contributed by atoms with Crippen LogP contribution >= 0.6 is 0 Å². The fourth-order valence-electron chi connectivity index (χ4n) is 4.73. The van der Waals surface area contributed by atoms with E-state index in [0.29, 0.717) is 5.82 Å². The van der Waals surface area contributed by atoms with E-state index in [4.69, 9.17) is 14.7 Å². The van der Waals surface area contributed by atoms with Gasteiger partial charge in [-0.15, -0.1) is 0 Å². The van der Waals surface area contributed by atoms with Crippen molar-refractivity contribution in [2.24, 2.45) is 5.16 Å². The van der Waals surface area contributed by atoms with Crippen molar-refractivity contribution in [3.05, 3.63) is 77.4 Å². The Balaban J connectivity index is 1.45. The summed E-state index contributed by atoms with van der Waals surface area (Å²) in [7, 11) is 3.39. The third-order valence-corrected chi connectivity index (χ3v) is 6.35. The average molecular weight is 449 g/mol. The minimum absolute atomic E-state index is 0.204. The van der Waals surface area contributed by atoms with Crippen molar-refractivity contribution in [3.63, 3.8) is 0 Å². The van der Waals surface area contributed by atoms with Crippen molar-refractivity contribution in [1.29, 1.82) is 0 Å². The van der Waals surface area contributed by atoms with Gasteiger partial charge in [-0.1, -0.05) is 41.9 Å². The zero-order chi connectivity index (χ0) is 23.0. The SMILES string of the molecule is COc1cc2c(cc1OC)C(c1ccccc1)N(CCCCCn1ccnc1/C=N/O)CC2. The Morgan fingerprint density at radius 1 is 1.06 bits per heavy atom. The van der Waals surface area contributed by atoms with Gasteiger partial charge in [0.15, 0.2) is 17.3 Å². The summed E-state index contributed by atoms with van der Waals surface area (Å²) in [6.45, 7) is 2.91. The van der Waals surface area contributed by atoms with Crippen molar-refractivity contribution in [2.45, 2.75) is 38.3 Å². The number of hydrogen-bond acceptors (Lipinski definition) is 6. The second kappa shape index (κ2) is 11.0. The van der Waals surface area contributed by atoms with Crippen LogP contribution in [0.25, 0.3) is 0 Å². The van der Waals surface area contributed by atoms with E-state index in [1.54, 1.807) is 20.4 Å². The van der Waals surface area contributed by atoms with Gasteiger partial charge in [0.25, 0.3) is 0 Å². The zero-order valence-electron chi connectivity index (χ0n) is 19.4. The number of oxime groups is 1. The summed E-state index contributed by atoms with van der Waals surface area (Å²) in [5.74, 6) is 2.25. The number of aromatic nitrogens is 2. The quantitative estimate of drug-likeness (QED) is 0.214. The van der Waals surface area contributed by atoms with Gasteiger partial charge in [0, 0.05) is 25.5 Å². The largest absolute Gasteiger partial charge is 0.493 e. The Morgan fingerprint density at radius 3 is 2.58 bits per heavy atom. The lowest BCUT2D eigenvalue weighted by molar-refractivity contribution is 0.207. The minimum Gasteiger partial charge on any atom is -0.493 e. The van der Waals surface area contributed by atoms with E-state index < -0.39 is 0 Å². The first-order chi connectivity index (χ1) is 16.2. The molecule has 0 saturated heterocycles. The zero-order valence-corrected chi connectivity index (χ0v) is 19.4. The summed E-state index contributed by atoms with van der Waals surface area (Å²) >= 11 is 0. The van der Waals surface area contributed by atoms with Crippen LogP contribution in [0.5, 0.6) is 11.5 Å². The lowest BCUT2D eigenvalue weighted by Crippen LogP contribution is -2.36. The van der Waals surface area contributed by atoms with Crippen LogP contribution in [0.1, 0.15) is 47.8 Å². The number of ether oxygens (including phenoxy) is 2. The number of benzene rings is 2. The third-order valence-electron chi connectivity index (χ3n) is 6.35. The highest BCUT2D eigenvalue weighted by atomic mass is 16.5. The van der Waals surface area contributed by atoms with E-state index in [-0.39, 0.29) is 6.04 Å². The second-order valence-electron chi connectivity index (χ2n) is 8.29. The van der Waals surface area contributed by atoms with Crippen LogP contribution in [0.15, 0.2) is 60.0 Å². The van der Waals surface area contributed by atoms with E-state index in [0.717, 1.165) is 56.8 Å². The van der Waals surface area contributed by atoms with Crippen LogP contribution in [-0.4, -0.2) is 53.2 Å². The van der Waals surface area contributed by atoms with Crippen LogP contribution in [0, 0.1) is 0 Å². The van der Waals surface area contributed by atoms with Gasteiger partial charge in [-0.05, 0) is 54.6 Å². The molecule has 4 rings (SSSR count). The number of rotatable bonds is 10. The molecule has 0 radical (unpaired) electrons. The number of unbranched alkanes of at least 4 members (excludes halogenated alkanes) is 2. The molecule has 1 N–H and O–H groups in total. The first kappa shape index (κ1) is 22.9. The number of fused-ring (bicyclic) bond motifs is 1. The number of aryl methyl sites for hydroxylation is 1. The van der Waals surface area contributed by atoms with E-state index >= 15 is 0 Å². The molecule has 174 valence electrons. The van der Waals surface area contributed by atoms with Crippen LogP contribution in [-0.2, 0) is 13.0 Å². The van der Waals surface area contributed by atoms with Gasteiger partial charge >= 0.3 is 0 Å². The molecule has 0 saturated carbocycles. The van der Waals surface area contributed by atoms with Crippen LogP contribution in [0.3, 0.4) is 0 Å². The molecular formula is C26H32N4O3. The van der Waals surface area contributed by atoms with Gasteiger partial charge in [0.05, 0.1) is 20.3 Å². The molecule has 0 fully saturated rings. The molecule has 0 aliphatic carbocycles. The third kappa shape index (κ3) is 5.20. The molecule has 0 amide bonds. The van der Waals surface area contributed by atoms with E-state index in [1.165, 1.54) is 22.9 Å². The highest BCUT2D eigenvalue weighted by molar-refractivity contribution is 5.74. The number of imidazole rings is 1. The minimum atomic E-state index is 0.204.